The van der Waals surface area contributed by atoms with Crippen LogP contribution in [0.3, 0.4) is 0 Å². The maximum Gasteiger partial charge on any atom is 0.191 e. The summed E-state index contributed by atoms with van der Waals surface area (Å²) >= 11 is 1.77. The first-order valence-electron chi connectivity index (χ1n) is 9.29. The van der Waals surface area contributed by atoms with E-state index in [0.717, 1.165) is 36.2 Å². The summed E-state index contributed by atoms with van der Waals surface area (Å²) in [4.78, 5) is 0. The molecule has 5 heteroatoms. The topological polar surface area (TPSA) is 42.7 Å². The van der Waals surface area contributed by atoms with Crippen LogP contribution in [-0.2, 0) is 12.3 Å². The molecule has 0 radical (unpaired) electrons. The number of rotatable bonds is 6. The van der Waals surface area contributed by atoms with Crippen molar-refractivity contribution in [2.75, 3.05) is 6.54 Å². The van der Waals surface area contributed by atoms with E-state index in [9.17, 15) is 0 Å². The molecule has 1 aliphatic rings. The summed E-state index contributed by atoms with van der Waals surface area (Å²) in [7, 11) is 0. The fraction of sp³-hybridized carbons (Fsp3) is 0.333. The molecule has 26 heavy (non-hydrogen) atoms. The van der Waals surface area contributed by atoms with Gasteiger partial charge in [-0.3, -0.25) is 0 Å². The quantitative estimate of drug-likeness (QED) is 0.645. The monoisotopic (exact) mass is 364 g/mol. The Bertz CT molecular complexity index is 853. The van der Waals surface area contributed by atoms with Crippen LogP contribution in [0.5, 0.6) is 0 Å². The normalized spacial score (nSPS) is 16.9. The van der Waals surface area contributed by atoms with Crippen molar-refractivity contribution in [3.05, 3.63) is 66.0 Å². The van der Waals surface area contributed by atoms with Gasteiger partial charge >= 0.3 is 0 Å². The van der Waals surface area contributed by atoms with E-state index in [1.807, 2.05) is 0 Å². The molecule has 0 aliphatic carbocycles. The van der Waals surface area contributed by atoms with Crippen LogP contribution in [0.1, 0.15) is 37.2 Å². The molecule has 1 unspecified atom stereocenters. The second kappa shape index (κ2) is 8.06. The van der Waals surface area contributed by atoms with Crippen molar-refractivity contribution < 1.29 is 0 Å². The SMILES string of the molecule is CCn1c(SCc2ccccc2-c2ccccc2)nnc1C1CCCN1. The Balaban J connectivity index is 1.55. The zero-order valence-electron chi connectivity index (χ0n) is 15.1. The highest BCUT2D eigenvalue weighted by Gasteiger charge is 2.23. The molecular formula is C21H24N4S. The Kier molecular flexibility index (Phi) is 5.37. The molecule has 0 bridgehead atoms. The van der Waals surface area contributed by atoms with Crippen LogP contribution in [0.4, 0.5) is 0 Å². The summed E-state index contributed by atoms with van der Waals surface area (Å²) in [6.07, 6.45) is 2.37. The molecule has 0 amide bonds. The lowest BCUT2D eigenvalue weighted by Gasteiger charge is -2.13. The van der Waals surface area contributed by atoms with Gasteiger partial charge in [0.15, 0.2) is 11.0 Å². The predicted octanol–water partition coefficient (Wildman–Crippen LogP) is 4.68. The number of aromatic nitrogens is 3. The Labute approximate surface area is 159 Å². The van der Waals surface area contributed by atoms with Gasteiger partial charge in [-0.15, -0.1) is 10.2 Å². The van der Waals surface area contributed by atoms with E-state index in [0.29, 0.717) is 6.04 Å². The molecule has 2 heterocycles. The van der Waals surface area contributed by atoms with Gasteiger partial charge in [-0.05, 0) is 43.0 Å². The van der Waals surface area contributed by atoms with E-state index >= 15 is 0 Å². The lowest BCUT2D eigenvalue weighted by molar-refractivity contribution is 0.542. The smallest absolute Gasteiger partial charge is 0.191 e. The van der Waals surface area contributed by atoms with Gasteiger partial charge < -0.3 is 9.88 Å². The molecular weight excluding hydrogens is 340 g/mol. The van der Waals surface area contributed by atoms with Crippen LogP contribution in [0.15, 0.2) is 59.8 Å². The van der Waals surface area contributed by atoms with Crippen molar-refractivity contribution in [3.63, 3.8) is 0 Å². The summed E-state index contributed by atoms with van der Waals surface area (Å²) in [5, 5.41) is 13.5. The highest BCUT2D eigenvalue weighted by atomic mass is 32.2. The van der Waals surface area contributed by atoms with Gasteiger partial charge in [0.1, 0.15) is 0 Å². The Morgan fingerprint density at radius 3 is 2.65 bits per heavy atom. The molecule has 3 aromatic rings. The summed E-state index contributed by atoms with van der Waals surface area (Å²) in [5.41, 5.74) is 3.88. The number of nitrogens with zero attached hydrogens (tertiary/aromatic N) is 3. The predicted molar refractivity (Wildman–Crippen MR) is 107 cm³/mol. The number of nitrogens with one attached hydrogen (secondary N) is 1. The molecule has 134 valence electrons. The fourth-order valence-electron chi connectivity index (χ4n) is 3.55. The van der Waals surface area contributed by atoms with Crippen LogP contribution in [-0.4, -0.2) is 21.3 Å². The first-order valence-corrected chi connectivity index (χ1v) is 10.3. The second-order valence-corrected chi connectivity index (χ2v) is 7.49. The molecule has 1 aliphatic heterocycles. The van der Waals surface area contributed by atoms with Gasteiger partial charge in [-0.1, -0.05) is 66.4 Å². The van der Waals surface area contributed by atoms with E-state index in [-0.39, 0.29) is 0 Å². The second-order valence-electron chi connectivity index (χ2n) is 6.55. The fourth-order valence-corrected chi connectivity index (χ4v) is 4.57. The summed E-state index contributed by atoms with van der Waals surface area (Å²) < 4.78 is 2.26. The van der Waals surface area contributed by atoms with Gasteiger partial charge in [-0.25, -0.2) is 0 Å². The van der Waals surface area contributed by atoms with Crippen molar-refractivity contribution in [3.8, 4) is 11.1 Å². The first-order chi connectivity index (χ1) is 12.9. The molecule has 0 spiro atoms. The minimum absolute atomic E-state index is 0.355. The largest absolute Gasteiger partial charge is 0.307 e. The molecule has 1 aromatic heterocycles. The Hall–Kier alpha value is -2.11. The maximum absolute atomic E-state index is 4.49. The standard InChI is InChI=1S/C21H24N4S/c1-2-25-20(19-13-8-14-22-19)23-24-21(25)26-15-17-11-6-7-12-18(17)16-9-4-3-5-10-16/h3-7,9-12,19,22H,2,8,13-15H2,1H3. The van der Waals surface area contributed by atoms with Crippen molar-refractivity contribution in [2.24, 2.45) is 0 Å². The molecule has 4 rings (SSSR count). The van der Waals surface area contributed by atoms with Gasteiger partial charge in [0, 0.05) is 12.3 Å². The van der Waals surface area contributed by atoms with Crippen LogP contribution in [0.25, 0.3) is 11.1 Å². The lowest BCUT2D eigenvalue weighted by atomic mass is 10.0. The molecule has 1 N–H and O–H groups in total. The zero-order chi connectivity index (χ0) is 17.8. The summed E-state index contributed by atoms with van der Waals surface area (Å²) in [6.45, 7) is 4.15. The van der Waals surface area contributed by atoms with Gasteiger partial charge in [0.25, 0.3) is 0 Å². The molecule has 2 aromatic carbocycles. The van der Waals surface area contributed by atoms with Crippen molar-refractivity contribution >= 4 is 11.8 Å². The average molecular weight is 365 g/mol. The third-order valence-corrected chi connectivity index (χ3v) is 5.91. The zero-order valence-corrected chi connectivity index (χ0v) is 15.9. The lowest BCUT2D eigenvalue weighted by Crippen LogP contribution is -2.18. The van der Waals surface area contributed by atoms with Crippen LogP contribution >= 0.6 is 11.8 Å². The van der Waals surface area contributed by atoms with Crippen molar-refractivity contribution in [1.82, 2.24) is 20.1 Å². The third kappa shape index (κ3) is 3.55. The Morgan fingerprint density at radius 2 is 1.88 bits per heavy atom. The maximum atomic E-state index is 4.49. The molecule has 4 nitrogen and oxygen atoms in total. The van der Waals surface area contributed by atoms with E-state index in [1.54, 1.807) is 11.8 Å². The highest BCUT2D eigenvalue weighted by molar-refractivity contribution is 7.98. The van der Waals surface area contributed by atoms with Crippen LogP contribution < -0.4 is 5.32 Å². The van der Waals surface area contributed by atoms with E-state index in [4.69, 9.17) is 0 Å². The van der Waals surface area contributed by atoms with Crippen molar-refractivity contribution in [1.29, 1.82) is 0 Å². The van der Waals surface area contributed by atoms with Crippen LogP contribution in [0, 0.1) is 0 Å². The highest BCUT2D eigenvalue weighted by Crippen LogP contribution is 2.31. The minimum atomic E-state index is 0.355. The molecule has 1 saturated heterocycles. The van der Waals surface area contributed by atoms with Crippen LogP contribution in [0.2, 0.25) is 0 Å². The van der Waals surface area contributed by atoms with Gasteiger partial charge in [0.05, 0.1) is 6.04 Å². The van der Waals surface area contributed by atoms with E-state index < -0.39 is 0 Å². The number of benzene rings is 2. The number of hydrogen-bond donors (Lipinski definition) is 1. The number of hydrogen-bond acceptors (Lipinski definition) is 4. The number of thioether (sulfide) groups is 1. The van der Waals surface area contributed by atoms with Crippen molar-refractivity contribution in [2.45, 2.75) is 43.3 Å². The molecule has 1 atom stereocenters. The minimum Gasteiger partial charge on any atom is -0.307 e. The van der Waals surface area contributed by atoms with E-state index in [2.05, 4.69) is 81.6 Å². The third-order valence-electron chi connectivity index (χ3n) is 4.89. The summed E-state index contributed by atoms with van der Waals surface area (Å²) in [5.74, 6) is 1.98. The first kappa shape index (κ1) is 17.3. The van der Waals surface area contributed by atoms with Gasteiger partial charge in [0.2, 0.25) is 0 Å². The van der Waals surface area contributed by atoms with Gasteiger partial charge in [-0.2, -0.15) is 0 Å². The average Bonchev–Trinajstić information content (AvgIpc) is 3.36. The molecule has 1 fully saturated rings. The van der Waals surface area contributed by atoms with E-state index in [1.165, 1.54) is 23.1 Å². The summed E-state index contributed by atoms with van der Waals surface area (Å²) in [6, 6.07) is 19.6. The Morgan fingerprint density at radius 1 is 1.08 bits per heavy atom. The molecule has 0 saturated carbocycles.